The van der Waals surface area contributed by atoms with Crippen LogP contribution in [0.1, 0.15) is 5.56 Å². The number of nitrogen functional groups attached to an aromatic ring is 1. The highest BCUT2D eigenvalue weighted by molar-refractivity contribution is 5.77. The summed E-state index contributed by atoms with van der Waals surface area (Å²) in [5.41, 5.74) is 7.63. The Labute approximate surface area is 108 Å². The van der Waals surface area contributed by atoms with E-state index in [9.17, 15) is 10.1 Å². The van der Waals surface area contributed by atoms with Gasteiger partial charge < -0.3 is 10.6 Å². The van der Waals surface area contributed by atoms with Gasteiger partial charge in [-0.1, -0.05) is 18.2 Å². The highest BCUT2D eigenvalue weighted by Gasteiger charge is 2.32. The lowest BCUT2D eigenvalue weighted by molar-refractivity contribution is -0.728. The van der Waals surface area contributed by atoms with Crippen molar-refractivity contribution in [3.8, 4) is 0 Å². The van der Waals surface area contributed by atoms with E-state index in [1.807, 2.05) is 29.2 Å². The van der Waals surface area contributed by atoms with Crippen LogP contribution in [0.4, 0.5) is 23.0 Å². The highest BCUT2D eigenvalue weighted by atomic mass is 16.6. The Morgan fingerprint density at radius 2 is 2.11 bits per heavy atom. The maximum absolute atomic E-state index is 11.2. The van der Waals surface area contributed by atoms with Crippen LogP contribution in [0, 0.1) is 4.91 Å². The zero-order chi connectivity index (χ0) is 13.4. The topological polar surface area (TPSA) is 95.4 Å². The third-order valence-corrected chi connectivity index (χ3v) is 3.17. The van der Waals surface area contributed by atoms with Crippen molar-refractivity contribution in [1.82, 2.24) is 9.97 Å². The van der Waals surface area contributed by atoms with Crippen molar-refractivity contribution in [1.29, 1.82) is 0 Å². The molecule has 7 nitrogen and oxygen atoms in total. The molecular weight excluding hydrogens is 246 g/mol. The monoisotopic (exact) mass is 258 g/mol. The van der Waals surface area contributed by atoms with E-state index in [1.165, 1.54) is 11.9 Å². The first-order valence-corrected chi connectivity index (χ1v) is 5.80. The van der Waals surface area contributed by atoms with Crippen molar-refractivity contribution < 1.29 is 10.1 Å². The van der Waals surface area contributed by atoms with Crippen LogP contribution in [0.2, 0.25) is 0 Å². The fourth-order valence-corrected chi connectivity index (χ4v) is 2.32. The molecule has 0 bridgehead atoms. The van der Waals surface area contributed by atoms with E-state index in [2.05, 4.69) is 9.97 Å². The van der Waals surface area contributed by atoms with E-state index in [0.717, 1.165) is 12.1 Å². The van der Waals surface area contributed by atoms with Crippen LogP contribution in [0.5, 0.6) is 0 Å². The van der Waals surface area contributed by atoms with Crippen molar-refractivity contribution in [3.05, 3.63) is 41.1 Å². The Morgan fingerprint density at radius 1 is 1.32 bits per heavy atom. The number of hydrogen-bond donors (Lipinski definition) is 2. The van der Waals surface area contributed by atoms with Crippen LogP contribution in [-0.2, 0) is 6.42 Å². The van der Waals surface area contributed by atoms with Crippen LogP contribution in [-0.4, -0.2) is 26.6 Å². The molecule has 0 fully saturated rings. The molecule has 0 radical (unpaired) electrons. The Hall–Kier alpha value is -2.70. The van der Waals surface area contributed by atoms with Gasteiger partial charge in [-0.05, 0) is 18.1 Å². The second-order valence-corrected chi connectivity index (χ2v) is 4.23. The van der Waals surface area contributed by atoms with Gasteiger partial charge >= 0.3 is 5.69 Å². The first-order chi connectivity index (χ1) is 9.18. The molecule has 1 aromatic carbocycles. The van der Waals surface area contributed by atoms with Crippen molar-refractivity contribution in [3.63, 3.8) is 0 Å². The number of nitrogens with zero attached hydrogens (tertiary/aromatic N) is 4. The molecule has 19 heavy (non-hydrogen) atoms. The molecule has 0 unspecified atom stereocenters. The average Bonchev–Trinajstić information content (AvgIpc) is 2.81. The van der Waals surface area contributed by atoms with Gasteiger partial charge in [0, 0.05) is 12.2 Å². The molecule has 0 spiro atoms. The lowest BCUT2D eigenvalue weighted by Crippen LogP contribution is -2.18. The highest BCUT2D eigenvalue weighted by Crippen LogP contribution is 2.38. The lowest BCUT2D eigenvalue weighted by Gasteiger charge is -2.17. The fourth-order valence-electron chi connectivity index (χ4n) is 2.32. The van der Waals surface area contributed by atoms with Crippen LogP contribution in [0.25, 0.3) is 0 Å². The second kappa shape index (κ2) is 4.20. The minimum absolute atomic E-state index is 0.0492. The molecule has 0 amide bonds. The number of para-hydroxylation sites is 1. The number of benzene rings is 1. The molecule has 2 aromatic rings. The molecule has 0 atom stereocenters. The molecule has 3 rings (SSSR count). The summed E-state index contributed by atoms with van der Waals surface area (Å²) in [6, 6.07) is 7.84. The normalized spacial score (nSPS) is 13.4. The number of nitrogens with two attached hydrogens (primary N) is 1. The van der Waals surface area contributed by atoms with E-state index < -0.39 is 0 Å². The van der Waals surface area contributed by atoms with Crippen LogP contribution in [0.3, 0.4) is 0 Å². The third kappa shape index (κ3) is 1.75. The molecule has 1 aromatic heterocycles. The molecule has 96 valence electrons. The van der Waals surface area contributed by atoms with Gasteiger partial charge in [0.15, 0.2) is 0 Å². The third-order valence-electron chi connectivity index (χ3n) is 3.17. The summed E-state index contributed by atoms with van der Waals surface area (Å²) >= 11 is 0. The molecule has 3 N–H and O–H groups in total. The van der Waals surface area contributed by atoms with Crippen LogP contribution < -0.4 is 10.6 Å². The maximum atomic E-state index is 11.2. The van der Waals surface area contributed by atoms with Crippen molar-refractivity contribution in [2.75, 3.05) is 17.2 Å². The summed E-state index contributed by atoms with van der Waals surface area (Å²) in [7, 11) is 0. The summed E-state index contributed by atoms with van der Waals surface area (Å²) in [6.45, 7) is 0.677. The molecule has 1 aliphatic rings. The summed E-state index contributed by atoms with van der Waals surface area (Å²) in [5.74, 6) is 0.266. The van der Waals surface area contributed by atoms with E-state index in [1.54, 1.807) is 0 Å². The zero-order valence-electron chi connectivity index (χ0n) is 10.0. The molecule has 2 heterocycles. The Kier molecular flexibility index (Phi) is 2.52. The van der Waals surface area contributed by atoms with E-state index in [-0.39, 0.29) is 16.4 Å². The van der Waals surface area contributed by atoms with Gasteiger partial charge in [0.25, 0.3) is 4.92 Å². The SMILES string of the molecule is Nc1ncnc(N2CCc3ccccc32)c1[N+](=O)O. The predicted octanol–water partition coefficient (Wildman–Crippen LogP) is 1.55. The molecule has 0 saturated carbocycles. The van der Waals surface area contributed by atoms with E-state index in [4.69, 9.17) is 5.73 Å². The van der Waals surface area contributed by atoms with Crippen LogP contribution in [0.15, 0.2) is 30.6 Å². The van der Waals surface area contributed by atoms with Crippen LogP contribution >= 0.6 is 0 Å². The number of fused-ring (bicyclic) bond motifs is 1. The van der Waals surface area contributed by atoms with Crippen molar-refractivity contribution in [2.24, 2.45) is 0 Å². The van der Waals surface area contributed by atoms with Crippen molar-refractivity contribution >= 4 is 23.0 Å². The molecule has 1 aliphatic heterocycles. The standard InChI is InChI=1S/C12H12N5O2/c13-11-10(17(18)19)12(15-7-14-11)16-6-5-8-3-1-2-4-9(8)16/h1-4,7H,5-6H2,(H,18,19)(H2,13,14,15)/q+1. The molecule has 0 aliphatic carbocycles. The Bertz CT molecular complexity index is 658. The van der Waals surface area contributed by atoms with E-state index in [0.29, 0.717) is 12.4 Å². The Balaban J connectivity index is 2.15. The average molecular weight is 258 g/mol. The molecule has 7 heteroatoms. The Morgan fingerprint density at radius 3 is 2.89 bits per heavy atom. The van der Waals surface area contributed by atoms with Gasteiger partial charge in [-0.2, -0.15) is 0 Å². The van der Waals surface area contributed by atoms with Gasteiger partial charge in [-0.3, -0.25) is 0 Å². The zero-order valence-corrected chi connectivity index (χ0v) is 10.0. The summed E-state index contributed by atoms with van der Waals surface area (Å²) in [5, 5.41) is 9.18. The number of hydrogen-bond acceptors (Lipinski definition) is 5. The summed E-state index contributed by atoms with van der Waals surface area (Å²) in [4.78, 5) is 20.6. The van der Waals surface area contributed by atoms with Crippen molar-refractivity contribution in [2.45, 2.75) is 6.42 Å². The first kappa shape index (κ1) is 11.4. The quantitative estimate of drug-likeness (QED) is 0.793. The van der Waals surface area contributed by atoms with Gasteiger partial charge in [0.05, 0.1) is 4.91 Å². The largest absolute Gasteiger partial charge is 0.400 e. The van der Waals surface area contributed by atoms with Gasteiger partial charge in [0.1, 0.15) is 6.33 Å². The lowest BCUT2D eigenvalue weighted by atomic mass is 10.2. The molecule has 0 saturated heterocycles. The van der Waals surface area contributed by atoms with Gasteiger partial charge in [0.2, 0.25) is 11.6 Å². The van der Waals surface area contributed by atoms with Gasteiger partial charge in [-0.25, -0.2) is 15.2 Å². The minimum atomic E-state index is -0.286. The second-order valence-electron chi connectivity index (χ2n) is 4.23. The number of rotatable bonds is 2. The maximum Gasteiger partial charge on any atom is 0.400 e. The summed E-state index contributed by atoms with van der Waals surface area (Å²) < 4.78 is 0. The smallest absolute Gasteiger partial charge is 0.378 e. The first-order valence-electron chi connectivity index (χ1n) is 5.80. The van der Waals surface area contributed by atoms with E-state index >= 15 is 0 Å². The molecular formula is C12H12N5O2+. The fraction of sp³-hybridized carbons (Fsp3) is 0.167. The van der Waals surface area contributed by atoms with Gasteiger partial charge in [-0.15, -0.1) is 0 Å². The number of aromatic nitrogens is 2. The summed E-state index contributed by atoms with van der Waals surface area (Å²) in [6.07, 6.45) is 2.13. The number of anilines is 3. The minimum Gasteiger partial charge on any atom is -0.378 e. The predicted molar refractivity (Wildman–Crippen MR) is 68.7 cm³/mol.